The molecule has 2 rings (SSSR count). The first kappa shape index (κ1) is 24.9. The maximum absolute atomic E-state index is 13.2. The lowest BCUT2D eigenvalue weighted by Gasteiger charge is -2.20. The molecule has 0 fully saturated rings. The molecule has 0 amide bonds. The van der Waals surface area contributed by atoms with E-state index in [2.05, 4.69) is 26.3 Å². The molecule has 2 aromatic carbocycles. The molecule has 0 aliphatic carbocycles. The Hall–Kier alpha value is -3.33. The molecule has 0 N–H and O–H groups in total. The molecule has 2 aromatic rings. The van der Waals surface area contributed by atoms with Crippen molar-refractivity contribution in [1.29, 1.82) is 0 Å². The normalized spacial score (nSPS) is 12.2. The number of rotatable bonds is 16. The number of ketones is 1. The highest BCUT2D eigenvalue weighted by Gasteiger charge is 2.19. The molecule has 0 radical (unpaired) electrons. The van der Waals surface area contributed by atoms with Gasteiger partial charge in [0.25, 0.3) is 0 Å². The van der Waals surface area contributed by atoms with Gasteiger partial charge >= 0.3 is 0 Å². The first-order chi connectivity index (χ1) is 15.6. The minimum absolute atomic E-state index is 0.0905. The van der Waals surface area contributed by atoms with Crippen LogP contribution in [0.5, 0.6) is 11.5 Å². The lowest BCUT2D eigenvalue weighted by molar-refractivity contribution is 0.103. The Kier molecular flexibility index (Phi) is 10.8. The van der Waals surface area contributed by atoms with Crippen molar-refractivity contribution in [3.63, 3.8) is 0 Å². The fourth-order valence-electron chi connectivity index (χ4n) is 3.32. The third-order valence-electron chi connectivity index (χ3n) is 5.12. The first-order valence-corrected chi connectivity index (χ1v) is 11.2. The molecule has 2 atom stereocenters. The molecule has 0 bridgehead atoms. The molecule has 0 heterocycles. The lowest BCUT2D eigenvalue weighted by atomic mass is 10.0. The summed E-state index contributed by atoms with van der Waals surface area (Å²) in [5.41, 5.74) is 1.11. The number of unbranched alkanes of at least 4 members (excludes halogenated alkanes) is 2. The molecule has 3 nitrogen and oxygen atoms in total. The molecular formula is C29H34O3. The van der Waals surface area contributed by atoms with Gasteiger partial charge in [0, 0.05) is 11.6 Å². The fraction of sp³-hybridized carbons (Fsp3) is 0.276. The van der Waals surface area contributed by atoms with E-state index in [1.807, 2.05) is 36.4 Å². The predicted octanol–water partition coefficient (Wildman–Crippen LogP) is 7.50. The summed E-state index contributed by atoms with van der Waals surface area (Å²) in [5, 5.41) is 0. The quantitative estimate of drug-likeness (QED) is 0.157. The van der Waals surface area contributed by atoms with Crippen LogP contribution in [0.25, 0.3) is 0 Å². The average Bonchev–Trinajstić information content (AvgIpc) is 2.83. The molecule has 2 unspecified atom stereocenters. The van der Waals surface area contributed by atoms with Crippen LogP contribution in [0.15, 0.2) is 99.2 Å². The number of carbonyl (C=O) groups excluding carboxylic acids is 1. The zero-order chi connectivity index (χ0) is 23.2. The van der Waals surface area contributed by atoms with Gasteiger partial charge in [-0.1, -0.05) is 67.8 Å². The average molecular weight is 431 g/mol. The van der Waals surface area contributed by atoms with Gasteiger partial charge in [-0.15, -0.1) is 13.2 Å². The molecule has 0 aromatic heterocycles. The molecule has 0 aliphatic rings. The SMILES string of the molecule is C=CCCCC(C=C)Oc1ccc(C(=O)c2ccccc2)c(OC(C=C)CCCC=C)c1. The van der Waals surface area contributed by atoms with Crippen LogP contribution < -0.4 is 9.47 Å². The van der Waals surface area contributed by atoms with E-state index in [0.717, 1.165) is 38.5 Å². The topological polar surface area (TPSA) is 35.5 Å². The molecule has 3 heteroatoms. The van der Waals surface area contributed by atoms with Crippen molar-refractivity contribution in [3.8, 4) is 11.5 Å². The summed E-state index contributed by atoms with van der Waals surface area (Å²) in [6.07, 6.45) is 12.4. The van der Waals surface area contributed by atoms with Gasteiger partial charge in [0.1, 0.15) is 23.7 Å². The summed E-state index contributed by atoms with van der Waals surface area (Å²) >= 11 is 0. The standard InChI is InChI=1S/C29H34O3/c1-5-9-12-18-24(7-3)31-26-20-21-27(29(30)23-16-14-11-15-17-23)28(22-26)32-25(8-4)19-13-10-6-2/h5-8,11,14-17,20-22,24-25H,1-4,9-10,12-13,18-19H2. The van der Waals surface area contributed by atoms with Crippen LogP contribution in [0.2, 0.25) is 0 Å². The summed E-state index contributed by atoms with van der Waals surface area (Å²) in [6, 6.07) is 14.6. The van der Waals surface area contributed by atoms with E-state index in [0.29, 0.717) is 22.6 Å². The van der Waals surface area contributed by atoms with E-state index in [9.17, 15) is 4.79 Å². The van der Waals surface area contributed by atoms with E-state index in [-0.39, 0.29) is 18.0 Å². The smallest absolute Gasteiger partial charge is 0.196 e. The summed E-state index contributed by atoms with van der Waals surface area (Å²) in [4.78, 5) is 13.2. The maximum atomic E-state index is 13.2. The lowest BCUT2D eigenvalue weighted by Crippen LogP contribution is -2.17. The summed E-state index contributed by atoms with van der Waals surface area (Å²) < 4.78 is 12.4. The zero-order valence-electron chi connectivity index (χ0n) is 18.9. The van der Waals surface area contributed by atoms with Crippen molar-refractivity contribution in [1.82, 2.24) is 0 Å². The summed E-state index contributed by atoms with van der Waals surface area (Å²) in [7, 11) is 0. The van der Waals surface area contributed by atoms with E-state index in [4.69, 9.17) is 9.47 Å². The Balaban J connectivity index is 2.30. The van der Waals surface area contributed by atoms with Gasteiger partial charge in [0.15, 0.2) is 5.78 Å². The molecule has 168 valence electrons. The number of ether oxygens (including phenoxy) is 2. The predicted molar refractivity (Wildman–Crippen MR) is 134 cm³/mol. The monoisotopic (exact) mass is 430 g/mol. The number of hydrogen-bond donors (Lipinski definition) is 0. The summed E-state index contributed by atoms with van der Waals surface area (Å²) in [6.45, 7) is 15.3. The maximum Gasteiger partial charge on any atom is 0.196 e. The molecule has 0 saturated heterocycles. The van der Waals surface area contributed by atoms with Crippen molar-refractivity contribution in [3.05, 3.63) is 110 Å². The Bertz CT molecular complexity index is 898. The Morgan fingerprint density at radius 3 is 1.97 bits per heavy atom. The minimum Gasteiger partial charge on any atom is -0.486 e. The van der Waals surface area contributed by atoms with Gasteiger partial charge in [-0.2, -0.15) is 0 Å². The largest absolute Gasteiger partial charge is 0.486 e. The second-order valence-corrected chi connectivity index (χ2v) is 7.58. The van der Waals surface area contributed by atoms with Crippen LogP contribution in [-0.4, -0.2) is 18.0 Å². The highest BCUT2D eigenvalue weighted by Crippen LogP contribution is 2.30. The highest BCUT2D eigenvalue weighted by atomic mass is 16.5. The van der Waals surface area contributed by atoms with E-state index in [1.165, 1.54) is 0 Å². The number of hydrogen-bond acceptors (Lipinski definition) is 3. The van der Waals surface area contributed by atoms with Crippen LogP contribution >= 0.6 is 0 Å². The van der Waals surface area contributed by atoms with E-state index in [1.54, 1.807) is 36.4 Å². The van der Waals surface area contributed by atoms with Gasteiger partial charge < -0.3 is 9.47 Å². The molecular weight excluding hydrogens is 396 g/mol. The van der Waals surface area contributed by atoms with Crippen molar-refractivity contribution < 1.29 is 14.3 Å². The van der Waals surface area contributed by atoms with Crippen LogP contribution in [-0.2, 0) is 0 Å². The van der Waals surface area contributed by atoms with Gasteiger partial charge in [0.2, 0.25) is 0 Å². The second-order valence-electron chi connectivity index (χ2n) is 7.58. The van der Waals surface area contributed by atoms with Crippen LogP contribution in [0.1, 0.15) is 54.4 Å². The number of benzene rings is 2. The van der Waals surface area contributed by atoms with Gasteiger partial charge in [-0.25, -0.2) is 0 Å². The number of carbonyl (C=O) groups is 1. The molecule has 0 spiro atoms. The van der Waals surface area contributed by atoms with Crippen molar-refractivity contribution >= 4 is 5.78 Å². The second kappa shape index (κ2) is 13.9. The van der Waals surface area contributed by atoms with Crippen molar-refractivity contribution in [2.24, 2.45) is 0 Å². The third kappa shape index (κ3) is 7.73. The fourth-order valence-corrected chi connectivity index (χ4v) is 3.32. The highest BCUT2D eigenvalue weighted by molar-refractivity contribution is 6.10. The van der Waals surface area contributed by atoms with Crippen LogP contribution in [0.3, 0.4) is 0 Å². The first-order valence-electron chi connectivity index (χ1n) is 11.2. The van der Waals surface area contributed by atoms with Gasteiger partial charge in [-0.05, 0) is 50.7 Å². The van der Waals surface area contributed by atoms with Crippen molar-refractivity contribution in [2.75, 3.05) is 0 Å². The summed E-state index contributed by atoms with van der Waals surface area (Å²) in [5.74, 6) is 1.04. The Labute approximate surface area is 192 Å². The van der Waals surface area contributed by atoms with Gasteiger partial charge in [-0.3, -0.25) is 4.79 Å². The van der Waals surface area contributed by atoms with Gasteiger partial charge in [0.05, 0.1) is 5.56 Å². The Morgan fingerprint density at radius 1 is 0.812 bits per heavy atom. The van der Waals surface area contributed by atoms with Crippen LogP contribution in [0.4, 0.5) is 0 Å². The molecule has 0 aliphatic heterocycles. The number of allylic oxidation sites excluding steroid dienone is 2. The van der Waals surface area contributed by atoms with Crippen molar-refractivity contribution in [2.45, 2.75) is 50.7 Å². The minimum atomic E-state index is -0.213. The Morgan fingerprint density at radius 2 is 1.41 bits per heavy atom. The molecule has 0 saturated carbocycles. The van der Waals surface area contributed by atoms with E-state index < -0.39 is 0 Å². The zero-order valence-corrected chi connectivity index (χ0v) is 18.9. The molecule has 32 heavy (non-hydrogen) atoms. The van der Waals surface area contributed by atoms with Crippen LogP contribution in [0, 0.1) is 0 Å². The van der Waals surface area contributed by atoms with E-state index >= 15 is 0 Å². The third-order valence-corrected chi connectivity index (χ3v) is 5.12.